The van der Waals surface area contributed by atoms with Crippen molar-refractivity contribution in [3.63, 3.8) is 0 Å². The van der Waals surface area contributed by atoms with Crippen molar-refractivity contribution >= 4 is 17.6 Å². The Labute approximate surface area is 186 Å². The first-order chi connectivity index (χ1) is 14.7. The van der Waals surface area contributed by atoms with Gasteiger partial charge in [0.15, 0.2) is 5.96 Å². The second kappa shape index (κ2) is 10.3. The van der Waals surface area contributed by atoms with E-state index in [9.17, 15) is 0 Å². The third-order valence-corrected chi connectivity index (χ3v) is 6.93. The number of likely N-dealkylation sites (tertiary alicyclic amines) is 1. The molecule has 1 aromatic carbocycles. The van der Waals surface area contributed by atoms with Crippen molar-refractivity contribution in [1.82, 2.24) is 10.2 Å². The summed E-state index contributed by atoms with van der Waals surface area (Å²) >= 11 is 6.23. The highest BCUT2D eigenvalue weighted by Crippen LogP contribution is 2.48. The van der Waals surface area contributed by atoms with Crippen LogP contribution < -0.4 is 5.32 Å². The van der Waals surface area contributed by atoms with E-state index >= 15 is 0 Å². The largest absolute Gasteiger partial charge is 0.376 e. The normalized spacial score (nSPS) is 24.7. The van der Waals surface area contributed by atoms with Gasteiger partial charge in [0.05, 0.1) is 25.4 Å². The number of benzene rings is 1. The van der Waals surface area contributed by atoms with Crippen LogP contribution in [-0.4, -0.2) is 62.5 Å². The third-order valence-electron chi connectivity index (χ3n) is 6.69. The predicted octanol–water partition coefficient (Wildman–Crippen LogP) is 4.39. The number of hydrogen-bond donors (Lipinski definition) is 1. The molecule has 166 valence electrons. The van der Waals surface area contributed by atoms with Gasteiger partial charge in [-0.1, -0.05) is 23.7 Å². The molecule has 3 aliphatic rings. The molecule has 30 heavy (non-hydrogen) atoms. The van der Waals surface area contributed by atoms with E-state index < -0.39 is 0 Å². The Hall–Kier alpha value is -1.30. The Kier molecular flexibility index (Phi) is 7.55. The van der Waals surface area contributed by atoms with E-state index in [0.717, 1.165) is 69.6 Å². The molecular weight excluding hydrogens is 398 g/mol. The Bertz CT molecular complexity index is 708. The number of aliphatic imine (C=N–C) groups is 1. The second-order valence-electron chi connectivity index (χ2n) is 8.97. The highest BCUT2D eigenvalue weighted by Gasteiger charge is 2.44. The summed E-state index contributed by atoms with van der Waals surface area (Å²) in [6.45, 7) is 7.48. The number of piperidine rings is 1. The highest BCUT2D eigenvalue weighted by molar-refractivity contribution is 6.30. The van der Waals surface area contributed by atoms with Crippen molar-refractivity contribution in [3.05, 3.63) is 34.9 Å². The van der Waals surface area contributed by atoms with Crippen LogP contribution in [0.2, 0.25) is 5.02 Å². The molecule has 1 N–H and O–H groups in total. The lowest BCUT2D eigenvalue weighted by Gasteiger charge is -2.35. The number of halogens is 1. The molecule has 4 rings (SSSR count). The van der Waals surface area contributed by atoms with E-state index in [1.807, 2.05) is 6.07 Å². The first-order valence-corrected chi connectivity index (χ1v) is 12.1. The van der Waals surface area contributed by atoms with Gasteiger partial charge in [0.2, 0.25) is 0 Å². The summed E-state index contributed by atoms with van der Waals surface area (Å²) in [6.07, 6.45) is 8.74. The molecule has 0 radical (unpaired) electrons. The van der Waals surface area contributed by atoms with Crippen molar-refractivity contribution in [2.45, 2.75) is 69.5 Å². The molecule has 5 nitrogen and oxygen atoms in total. The van der Waals surface area contributed by atoms with Gasteiger partial charge in [0.1, 0.15) is 0 Å². The summed E-state index contributed by atoms with van der Waals surface area (Å²) in [5.41, 5.74) is 1.50. The van der Waals surface area contributed by atoms with Crippen LogP contribution in [-0.2, 0) is 14.9 Å². The van der Waals surface area contributed by atoms with Crippen LogP contribution in [0.25, 0.3) is 0 Å². The lowest BCUT2D eigenvalue weighted by Crippen LogP contribution is -2.47. The molecule has 0 amide bonds. The Morgan fingerprint density at radius 1 is 1.27 bits per heavy atom. The number of rotatable bonds is 7. The van der Waals surface area contributed by atoms with Crippen LogP contribution in [0.15, 0.2) is 29.3 Å². The lowest BCUT2D eigenvalue weighted by molar-refractivity contribution is -0.0721. The van der Waals surface area contributed by atoms with Gasteiger partial charge >= 0.3 is 0 Å². The maximum Gasteiger partial charge on any atom is 0.193 e. The SMILES string of the molecule is CCNC(=NCC1(c2cccc(Cl)c2)CC1)N1CCC(OCC2CCCCO2)CC1. The van der Waals surface area contributed by atoms with E-state index in [2.05, 4.69) is 35.3 Å². The van der Waals surface area contributed by atoms with Crippen LogP contribution in [0.4, 0.5) is 0 Å². The fourth-order valence-electron chi connectivity index (χ4n) is 4.58. The minimum absolute atomic E-state index is 0.174. The zero-order valence-corrected chi connectivity index (χ0v) is 19.0. The van der Waals surface area contributed by atoms with Crippen molar-refractivity contribution < 1.29 is 9.47 Å². The summed E-state index contributed by atoms with van der Waals surface area (Å²) in [4.78, 5) is 7.45. The van der Waals surface area contributed by atoms with Gasteiger partial charge in [-0.15, -0.1) is 0 Å². The van der Waals surface area contributed by atoms with Crippen LogP contribution in [0.3, 0.4) is 0 Å². The zero-order valence-electron chi connectivity index (χ0n) is 18.2. The van der Waals surface area contributed by atoms with Crippen LogP contribution in [0.5, 0.6) is 0 Å². The summed E-state index contributed by atoms with van der Waals surface area (Å²) in [6, 6.07) is 8.30. The minimum atomic E-state index is 0.174. The van der Waals surface area contributed by atoms with Gasteiger partial charge in [-0.05, 0) is 69.6 Å². The molecule has 2 saturated heterocycles. The van der Waals surface area contributed by atoms with Crippen molar-refractivity contribution in [2.75, 3.05) is 39.4 Å². The molecule has 1 aliphatic carbocycles. The van der Waals surface area contributed by atoms with Gasteiger partial charge < -0.3 is 19.7 Å². The molecular formula is C24H36ClN3O2. The Morgan fingerprint density at radius 3 is 2.77 bits per heavy atom. The molecule has 0 bridgehead atoms. The van der Waals surface area contributed by atoms with E-state index in [1.165, 1.54) is 31.2 Å². The zero-order chi connectivity index (χ0) is 20.8. The predicted molar refractivity (Wildman–Crippen MR) is 122 cm³/mol. The molecule has 0 aromatic heterocycles. The average Bonchev–Trinajstić information content (AvgIpc) is 3.58. The van der Waals surface area contributed by atoms with Gasteiger partial charge in [-0.2, -0.15) is 0 Å². The quantitative estimate of drug-likeness (QED) is 0.511. The minimum Gasteiger partial charge on any atom is -0.376 e. The van der Waals surface area contributed by atoms with Crippen LogP contribution >= 0.6 is 11.6 Å². The fraction of sp³-hybridized carbons (Fsp3) is 0.708. The summed E-state index contributed by atoms with van der Waals surface area (Å²) < 4.78 is 12.0. The van der Waals surface area contributed by atoms with E-state index in [4.69, 9.17) is 26.1 Å². The van der Waals surface area contributed by atoms with Crippen LogP contribution in [0, 0.1) is 0 Å². The standard InChI is InChI=1S/C24H36ClN3O2/c1-2-26-23(27-18-24(11-12-24)19-6-5-7-20(25)16-19)28-13-9-21(10-14-28)30-17-22-8-3-4-15-29-22/h5-7,16,21-22H,2-4,8-15,17-18H2,1H3,(H,26,27). The molecule has 6 heteroatoms. The molecule has 2 aliphatic heterocycles. The summed E-state index contributed by atoms with van der Waals surface area (Å²) in [5.74, 6) is 1.04. The van der Waals surface area contributed by atoms with E-state index in [0.29, 0.717) is 12.2 Å². The highest BCUT2D eigenvalue weighted by atomic mass is 35.5. The van der Waals surface area contributed by atoms with Crippen molar-refractivity contribution in [1.29, 1.82) is 0 Å². The number of guanidine groups is 1. The first-order valence-electron chi connectivity index (χ1n) is 11.7. The Balaban J connectivity index is 1.29. The second-order valence-corrected chi connectivity index (χ2v) is 9.41. The number of hydrogen-bond acceptors (Lipinski definition) is 3. The maximum atomic E-state index is 6.23. The van der Waals surface area contributed by atoms with Gasteiger partial charge in [-0.3, -0.25) is 4.99 Å². The number of nitrogens with zero attached hydrogens (tertiary/aromatic N) is 2. The monoisotopic (exact) mass is 433 g/mol. The molecule has 1 unspecified atom stereocenters. The molecule has 2 heterocycles. The van der Waals surface area contributed by atoms with Crippen LogP contribution in [0.1, 0.15) is 57.4 Å². The molecule has 1 atom stereocenters. The molecule has 0 spiro atoms. The number of ether oxygens (including phenoxy) is 2. The molecule has 3 fully saturated rings. The van der Waals surface area contributed by atoms with Gasteiger partial charge in [-0.25, -0.2) is 0 Å². The Morgan fingerprint density at radius 2 is 2.10 bits per heavy atom. The van der Waals surface area contributed by atoms with Crippen molar-refractivity contribution in [2.24, 2.45) is 4.99 Å². The molecule has 1 saturated carbocycles. The van der Waals surface area contributed by atoms with Gasteiger partial charge in [0, 0.05) is 36.7 Å². The molecule has 1 aromatic rings. The van der Waals surface area contributed by atoms with Gasteiger partial charge in [0.25, 0.3) is 0 Å². The maximum absolute atomic E-state index is 6.23. The van der Waals surface area contributed by atoms with Crippen molar-refractivity contribution in [3.8, 4) is 0 Å². The van der Waals surface area contributed by atoms with E-state index in [1.54, 1.807) is 0 Å². The summed E-state index contributed by atoms with van der Waals surface area (Å²) in [5, 5.41) is 4.32. The third kappa shape index (κ3) is 5.68. The fourth-order valence-corrected chi connectivity index (χ4v) is 4.77. The number of nitrogens with one attached hydrogen (secondary N) is 1. The average molecular weight is 434 g/mol. The topological polar surface area (TPSA) is 46.1 Å². The summed E-state index contributed by atoms with van der Waals surface area (Å²) in [7, 11) is 0. The van der Waals surface area contributed by atoms with E-state index in [-0.39, 0.29) is 5.41 Å². The smallest absolute Gasteiger partial charge is 0.193 e. The lowest BCUT2D eigenvalue weighted by atomic mass is 9.96. The first kappa shape index (κ1) is 21.9.